The molecule has 134 valence electrons. The molecule has 2 saturated heterocycles. The Labute approximate surface area is 145 Å². The van der Waals surface area contributed by atoms with Crippen molar-refractivity contribution in [2.24, 2.45) is 0 Å². The lowest BCUT2D eigenvalue weighted by Crippen LogP contribution is -2.44. The second kappa shape index (κ2) is 7.47. The summed E-state index contributed by atoms with van der Waals surface area (Å²) in [4.78, 5) is 43.2. The van der Waals surface area contributed by atoms with Gasteiger partial charge in [-0.2, -0.15) is 0 Å². The van der Waals surface area contributed by atoms with Crippen LogP contribution in [-0.4, -0.2) is 67.0 Å². The Morgan fingerprint density at radius 1 is 1.28 bits per heavy atom. The number of hydrogen-bond donors (Lipinski definition) is 3. The van der Waals surface area contributed by atoms with E-state index in [1.165, 1.54) is 0 Å². The average molecular weight is 346 g/mol. The van der Waals surface area contributed by atoms with E-state index >= 15 is 0 Å². The number of nitrogens with zero attached hydrogens (tertiary/aromatic N) is 3. The van der Waals surface area contributed by atoms with Crippen molar-refractivity contribution in [3.63, 3.8) is 0 Å². The van der Waals surface area contributed by atoms with Gasteiger partial charge in [0, 0.05) is 32.6 Å². The predicted octanol–water partition coefficient (Wildman–Crippen LogP) is -0.240. The Morgan fingerprint density at radius 3 is 2.64 bits per heavy atom. The highest BCUT2D eigenvalue weighted by Gasteiger charge is 2.29. The van der Waals surface area contributed by atoms with Crippen LogP contribution in [-0.2, 0) is 9.59 Å². The number of amides is 4. The Morgan fingerprint density at radius 2 is 2.04 bits per heavy atom. The molecule has 3 N–H and O–H groups in total. The molecule has 0 bridgehead atoms. The van der Waals surface area contributed by atoms with Gasteiger partial charge in [-0.3, -0.25) is 14.9 Å². The highest BCUT2D eigenvalue weighted by atomic mass is 16.2. The summed E-state index contributed by atoms with van der Waals surface area (Å²) in [5.74, 6) is -0.163. The van der Waals surface area contributed by atoms with E-state index in [-0.39, 0.29) is 18.7 Å². The molecule has 25 heavy (non-hydrogen) atoms. The van der Waals surface area contributed by atoms with Gasteiger partial charge in [-0.15, -0.1) is 0 Å². The van der Waals surface area contributed by atoms with Crippen molar-refractivity contribution in [2.75, 3.05) is 43.4 Å². The molecular weight excluding hydrogens is 324 g/mol. The summed E-state index contributed by atoms with van der Waals surface area (Å²) < 4.78 is 0. The van der Waals surface area contributed by atoms with E-state index in [4.69, 9.17) is 0 Å². The molecule has 0 aliphatic carbocycles. The van der Waals surface area contributed by atoms with Gasteiger partial charge >= 0.3 is 6.03 Å². The van der Waals surface area contributed by atoms with Crippen LogP contribution in [0.2, 0.25) is 0 Å². The number of rotatable bonds is 5. The number of urea groups is 1. The maximum atomic E-state index is 12.0. The van der Waals surface area contributed by atoms with E-state index in [1.54, 1.807) is 12.3 Å². The van der Waals surface area contributed by atoms with Crippen molar-refractivity contribution < 1.29 is 14.4 Å². The first-order chi connectivity index (χ1) is 12.0. The molecule has 0 spiro atoms. The molecule has 1 atom stereocenters. The summed E-state index contributed by atoms with van der Waals surface area (Å²) >= 11 is 0. The molecule has 1 aromatic heterocycles. The molecule has 3 heterocycles. The third-order valence-electron chi connectivity index (χ3n) is 4.40. The van der Waals surface area contributed by atoms with Gasteiger partial charge in [-0.25, -0.2) is 9.78 Å². The minimum absolute atomic E-state index is 0.125. The Hall–Kier alpha value is -2.68. The van der Waals surface area contributed by atoms with Gasteiger partial charge in [0.2, 0.25) is 5.91 Å². The summed E-state index contributed by atoms with van der Waals surface area (Å²) in [6.45, 7) is 3.95. The van der Waals surface area contributed by atoms with Crippen LogP contribution in [0.5, 0.6) is 0 Å². The number of piperazine rings is 1. The van der Waals surface area contributed by atoms with Crippen LogP contribution in [0.15, 0.2) is 18.3 Å². The smallest absolute Gasteiger partial charge is 0.322 e. The highest BCUT2D eigenvalue weighted by molar-refractivity contribution is 6.04. The van der Waals surface area contributed by atoms with Crippen LogP contribution in [0, 0.1) is 0 Å². The van der Waals surface area contributed by atoms with E-state index in [0.29, 0.717) is 5.82 Å². The van der Waals surface area contributed by atoms with Crippen LogP contribution in [0.25, 0.3) is 0 Å². The van der Waals surface area contributed by atoms with Crippen molar-refractivity contribution in [1.82, 2.24) is 20.5 Å². The van der Waals surface area contributed by atoms with Gasteiger partial charge in [0.25, 0.3) is 5.91 Å². The molecule has 3 rings (SSSR count). The lowest BCUT2D eigenvalue weighted by atomic mass is 10.1. The molecule has 9 heteroatoms. The van der Waals surface area contributed by atoms with Crippen molar-refractivity contribution in [3.8, 4) is 0 Å². The lowest BCUT2D eigenvalue weighted by molar-refractivity contribution is -0.120. The monoisotopic (exact) mass is 346 g/mol. The minimum atomic E-state index is -0.647. The molecule has 0 saturated carbocycles. The first kappa shape index (κ1) is 17.2. The molecule has 4 amide bonds. The number of carbonyl (C=O) groups is 3. The summed E-state index contributed by atoms with van der Waals surface area (Å²) in [7, 11) is 2.11. The van der Waals surface area contributed by atoms with Crippen molar-refractivity contribution in [1.29, 1.82) is 0 Å². The SMILES string of the molecule is CN1CCN(c2ccc(NC(=O)CCC3NC(=O)NC3=O)nc2)CC1. The first-order valence-electron chi connectivity index (χ1n) is 8.32. The normalized spacial score (nSPS) is 21.0. The van der Waals surface area contributed by atoms with Gasteiger partial charge in [-0.05, 0) is 25.6 Å². The van der Waals surface area contributed by atoms with Crippen LogP contribution >= 0.6 is 0 Å². The second-order valence-corrected chi connectivity index (χ2v) is 6.29. The Bertz CT molecular complexity index is 654. The maximum Gasteiger partial charge on any atom is 0.322 e. The molecular formula is C16H22N6O3. The molecule has 1 unspecified atom stereocenters. The Kier molecular flexibility index (Phi) is 5.13. The molecule has 9 nitrogen and oxygen atoms in total. The van der Waals surface area contributed by atoms with Crippen LogP contribution in [0.1, 0.15) is 12.8 Å². The number of aromatic nitrogens is 1. The fourth-order valence-corrected chi connectivity index (χ4v) is 2.85. The summed E-state index contributed by atoms with van der Waals surface area (Å²) in [6, 6.07) is 2.55. The summed E-state index contributed by atoms with van der Waals surface area (Å²) in [6.07, 6.45) is 2.13. The van der Waals surface area contributed by atoms with E-state index < -0.39 is 18.0 Å². The maximum absolute atomic E-state index is 12.0. The zero-order valence-corrected chi connectivity index (χ0v) is 14.1. The molecule has 0 radical (unpaired) electrons. The number of nitrogens with one attached hydrogen (secondary N) is 3. The highest BCUT2D eigenvalue weighted by Crippen LogP contribution is 2.17. The van der Waals surface area contributed by atoms with Gasteiger partial charge in [-0.1, -0.05) is 0 Å². The zero-order chi connectivity index (χ0) is 17.8. The molecule has 0 aromatic carbocycles. The Balaban J connectivity index is 1.47. The number of likely N-dealkylation sites (N-methyl/N-ethyl adjacent to an activating group) is 1. The third kappa shape index (κ3) is 4.44. The number of pyridine rings is 1. The van der Waals surface area contributed by atoms with Crippen LogP contribution in [0.4, 0.5) is 16.3 Å². The number of imide groups is 1. The molecule has 2 aliphatic heterocycles. The fourth-order valence-electron chi connectivity index (χ4n) is 2.85. The molecule has 2 aliphatic rings. The lowest BCUT2D eigenvalue weighted by Gasteiger charge is -2.33. The van der Waals surface area contributed by atoms with Crippen LogP contribution in [0.3, 0.4) is 0 Å². The minimum Gasteiger partial charge on any atom is -0.368 e. The predicted molar refractivity (Wildman–Crippen MR) is 92.3 cm³/mol. The van der Waals surface area contributed by atoms with Crippen molar-refractivity contribution >= 4 is 29.4 Å². The number of carbonyl (C=O) groups excluding carboxylic acids is 3. The third-order valence-corrected chi connectivity index (χ3v) is 4.40. The van der Waals surface area contributed by atoms with E-state index in [9.17, 15) is 14.4 Å². The molecule has 2 fully saturated rings. The largest absolute Gasteiger partial charge is 0.368 e. The standard InChI is InChI=1S/C16H22N6O3/c1-21-6-8-22(9-7-21)11-2-4-13(17-10-11)19-14(23)5-3-12-15(24)20-16(25)18-12/h2,4,10,12H,3,5-9H2,1H3,(H,17,19,23)(H2,18,20,24,25). The zero-order valence-electron chi connectivity index (χ0n) is 14.1. The van der Waals surface area contributed by atoms with Gasteiger partial charge in [0.1, 0.15) is 11.9 Å². The van der Waals surface area contributed by atoms with E-state index in [2.05, 4.69) is 37.8 Å². The quantitative estimate of drug-likeness (QED) is 0.636. The van der Waals surface area contributed by atoms with E-state index in [1.807, 2.05) is 6.07 Å². The summed E-state index contributed by atoms with van der Waals surface area (Å²) in [5, 5.41) is 7.31. The van der Waals surface area contributed by atoms with Crippen molar-refractivity contribution in [2.45, 2.75) is 18.9 Å². The van der Waals surface area contributed by atoms with Crippen LogP contribution < -0.4 is 20.9 Å². The molecule has 1 aromatic rings. The van der Waals surface area contributed by atoms with Gasteiger partial charge in [0.15, 0.2) is 0 Å². The fraction of sp³-hybridized carbons (Fsp3) is 0.500. The number of hydrogen-bond acceptors (Lipinski definition) is 6. The topological polar surface area (TPSA) is 107 Å². The van der Waals surface area contributed by atoms with Gasteiger partial charge in [0.05, 0.1) is 11.9 Å². The summed E-state index contributed by atoms with van der Waals surface area (Å²) in [5.41, 5.74) is 1.04. The van der Waals surface area contributed by atoms with E-state index in [0.717, 1.165) is 31.9 Å². The average Bonchev–Trinajstić information content (AvgIpc) is 2.92. The van der Waals surface area contributed by atoms with Crippen molar-refractivity contribution in [3.05, 3.63) is 18.3 Å². The number of anilines is 2. The second-order valence-electron chi connectivity index (χ2n) is 6.29. The first-order valence-corrected chi connectivity index (χ1v) is 8.32. The van der Waals surface area contributed by atoms with Gasteiger partial charge < -0.3 is 20.4 Å².